The second-order valence-corrected chi connectivity index (χ2v) is 5.23. The lowest BCUT2D eigenvalue weighted by molar-refractivity contribution is -0.193. The molecular formula is C15H21N3O4. The van der Waals surface area contributed by atoms with Crippen molar-refractivity contribution in [3.63, 3.8) is 0 Å². The Morgan fingerprint density at radius 2 is 2.14 bits per heavy atom. The molecule has 1 amide bonds. The van der Waals surface area contributed by atoms with E-state index in [2.05, 4.69) is 5.32 Å². The van der Waals surface area contributed by atoms with Crippen molar-refractivity contribution in [2.24, 2.45) is 5.73 Å². The summed E-state index contributed by atoms with van der Waals surface area (Å²) in [5, 5.41) is 4.37. The number of nitrogens with two attached hydrogens (primary N) is 1. The quantitative estimate of drug-likeness (QED) is 0.752. The van der Waals surface area contributed by atoms with Crippen molar-refractivity contribution in [1.82, 2.24) is 10.4 Å². The molecule has 3 N–H and O–H groups in total. The highest BCUT2D eigenvalue weighted by Crippen LogP contribution is 2.23. The van der Waals surface area contributed by atoms with Crippen molar-refractivity contribution in [2.45, 2.75) is 38.2 Å². The maximum atomic E-state index is 11.8. The Hall–Kier alpha value is -1.96. The molecule has 1 aliphatic heterocycles. The molecule has 1 fully saturated rings. The summed E-state index contributed by atoms with van der Waals surface area (Å²) in [4.78, 5) is 29.1. The number of nitrogens with one attached hydrogen (secondary N) is 1. The molecule has 0 saturated carbocycles. The van der Waals surface area contributed by atoms with Crippen LogP contribution in [0, 0.1) is 0 Å². The van der Waals surface area contributed by atoms with E-state index in [0.29, 0.717) is 13.0 Å². The molecule has 22 heavy (non-hydrogen) atoms. The van der Waals surface area contributed by atoms with Crippen LogP contribution in [-0.2, 0) is 25.7 Å². The minimum atomic E-state index is -0.730. The van der Waals surface area contributed by atoms with Gasteiger partial charge in [-0.15, -0.1) is 0 Å². The van der Waals surface area contributed by atoms with Gasteiger partial charge in [0.25, 0.3) is 0 Å². The van der Waals surface area contributed by atoms with Crippen LogP contribution in [-0.4, -0.2) is 42.4 Å². The number of hydroxylamine groups is 2. The van der Waals surface area contributed by atoms with Gasteiger partial charge in [0.15, 0.2) is 6.10 Å². The Morgan fingerprint density at radius 3 is 2.73 bits per heavy atom. The van der Waals surface area contributed by atoms with Gasteiger partial charge in [0.2, 0.25) is 5.91 Å². The number of methoxy groups -OCH3 is 1. The van der Waals surface area contributed by atoms with Crippen molar-refractivity contribution in [3.05, 3.63) is 35.9 Å². The predicted molar refractivity (Wildman–Crippen MR) is 79.1 cm³/mol. The second kappa shape index (κ2) is 7.35. The van der Waals surface area contributed by atoms with Crippen LogP contribution in [0.15, 0.2) is 30.3 Å². The number of hydrogen-bond acceptors (Lipinski definition) is 6. The van der Waals surface area contributed by atoms with E-state index in [9.17, 15) is 9.59 Å². The van der Waals surface area contributed by atoms with E-state index in [-0.39, 0.29) is 5.91 Å². The largest absolute Gasteiger partial charge is 0.467 e. The summed E-state index contributed by atoms with van der Waals surface area (Å²) in [7, 11) is 1.31. The average Bonchev–Trinajstić information content (AvgIpc) is 2.90. The molecule has 0 bridgehead atoms. The van der Waals surface area contributed by atoms with Crippen LogP contribution in [0.3, 0.4) is 0 Å². The number of esters is 1. The average molecular weight is 307 g/mol. The third kappa shape index (κ3) is 4.03. The minimum absolute atomic E-state index is 0.294. The van der Waals surface area contributed by atoms with Crippen LogP contribution in [0.4, 0.5) is 0 Å². The molecule has 0 radical (unpaired) electrons. The maximum Gasteiger partial charge on any atom is 0.337 e. The topological polar surface area (TPSA) is 93.9 Å². The van der Waals surface area contributed by atoms with E-state index in [1.807, 2.05) is 30.3 Å². The summed E-state index contributed by atoms with van der Waals surface area (Å²) >= 11 is 0. The molecule has 7 nitrogen and oxygen atoms in total. The SMILES string of the molecule is COC(=O)[C@H]1C[C@@H](NC(=O)[C@H](C)N)N(Cc2ccccc2)O1. The zero-order valence-electron chi connectivity index (χ0n) is 12.7. The summed E-state index contributed by atoms with van der Waals surface area (Å²) in [6, 6.07) is 9.01. The third-order valence-electron chi connectivity index (χ3n) is 3.42. The van der Waals surface area contributed by atoms with E-state index >= 15 is 0 Å². The van der Waals surface area contributed by atoms with Crippen LogP contribution in [0.5, 0.6) is 0 Å². The zero-order valence-corrected chi connectivity index (χ0v) is 12.7. The Bertz CT molecular complexity index is 521. The highest BCUT2D eigenvalue weighted by Gasteiger charge is 2.39. The van der Waals surface area contributed by atoms with E-state index in [1.54, 1.807) is 12.0 Å². The molecular weight excluding hydrogens is 286 g/mol. The van der Waals surface area contributed by atoms with Crippen LogP contribution < -0.4 is 11.1 Å². The molecule has 0 unspecified atom stereocenters. The fourth-order valence-electron chi connectivity index (χ4n) is 2.21. The number of carbonyl (C=O) groups is 2. The number of rotatable bonds is 5. The zero-order chi connectivity index (χ0) is 16.1. The van der Waals surface area contributed by atoms with Gasteiger partial charge in [-0.3, -0.25) is 9.63 Å². The van der Waals surface area contributed by atoms with Gasteiger partial charge in [-0.2, -0.15) is 5.06 Å². The van der Waals surface area contributed by atoms with Crippen LogP contribution in [0.2, 0.25) is 0 Å². The lowest BCUT2D eigenvalue weighted by Gasteiger charge is -2.24. The number of carbonyl (C=O) groups excluding carboxylic acids is 2. The summed E-state index contributed by atoms with van der Waals surface area (Å²) in [5.74, 6) is -0.757. The van der Waals surface area contributed by atoms with Crippen LogP contribution >= 0.6 is 0 Å². The fourth-order valence-corrected chi connectivity index (χ4v) is 2.21. The number of nitrogens with zero attached hydrogens (tertiary/aromatic N) is 1. The van der Waals surface area contributed by atoms with Gasteiger partial charge in [0, 0.05) is 6.42 Å². The number of ether oxygens (including phenoxy) is 1. The van der Waals surface area contributed by atoms with Gasteiger partial charge >= 0.3 is 5.97 Å². The molecule has 0 aromatic heterocycles. The molecule has 1 aromatic carbocycles. The second-order valence-electron chi connectivity index (χ2n) is 5.23. The number of hydrogen-bond donors (Lipinski definition) is 2. The van der Waals surface area contributed by atoms with Crippen LogP contribution in [0.1, 0.15) is 18.9 Å². The van der Waals surface area contributed by atoms with Gasteiger partial charge in [-0.25, -0.2) is 4.79 Å². The molecule has 3 atom stereocenters. The first-order chi connectivity index (χ1) is 10.5. The standard InChI is InChI=1S/C15H21N3O4/c1-10(16)14(19)17-13-8-12(15(20)21-2)22-18(13)9-11-6-4-3-5-7-11/h3-7,10,12-13H,8-9,16H2,1-2H3,(H,17,19)/t10-,12+,13-/m0/s1. The van der Waals surface area contributed by atoms with E-state index in [1.165, 1.54) is 7.11 Å². The molecule has 0 spiro atoms. The predicted octanol–water partition coefficient (Wildman–Crippen LogP) is 0.155. The smallest absolute Gasteiger partial charge is 0.337 e. The monoisotopic (exact) mass is 307 g/mol. The molecule has 2 rings (SSSR count). The fraction of sp³-hybridized carbons (Fsp3) is 0.467. The Balaban J connectivity index is 2.08. The summed E-state index contributed by atoms with van der Waals surface area (Å²) in [6.45, 7) is 2.04. The Kier molecular flexibility index (Phi) is 5.48. The van der Waals surface area contributed by atoms with Crippen molar-refractivity contribution in [3.8, 4) is 0 Å². The van der Waals surface area contributed by atoms with Crippen molar-refractivity contribution >= 4 is 11.9 Å². The first-order valence-corrected chi connectivity index (χ1v) is 7.12. The Labute approximate surface area is 129 Å². The summed E-state index contributed by atoms with van der Waals surface area (Å²) in [5.41, 5.74) is 6.58. The molecule has 0 aliphatic carbocycles. The van der Waals surface area contributed by atoms with Crippen molar-refractivity contribution in [2.75, 3.05) is 7.11 Å². The molecule has 1 aliphatic rings. The summed E-state index contributed by atoms with van der Waals surface area (Å²) < 4.78 is 4.71. The van der Waals surface area contributed by atoms with Gasteiger partial charge < -0.3 is 15.8 Å². The normalized spacial score (nSPS) is 23.0. The highest BCUT2D eigenvalue weighted by molar-refractivity contribution is 5.81. The molecule has 1 saturated heterocycles. The highest BCUT2D eigenvalue weighted by atomic mass is 16.7. The van der Waals surface area contributed by atoms with E-state index in [4.69, 9.17) is 15.3 Å². The van der Waals surface area contributed by atoms with E-state index in [0.717, 1.165) is 5.56 Å². The molecule has 120 valence electrons. The lowest BCUT2D eigenvalue weighted by atomic mass is 10.2. The van der Waals surface area contributed by atoms with Crippen molar-refractivity contribution in [1.29, 1.82) is 0 Å². The number of amides is 1. The molecule has 7 heteroatoms. The summed E-state index contributed by atoms with van der Waals surface area (Å²) in [6.07, 6.45) is -0.840. The Morgan fingerprint density at radius 1 is 1.45 bits per heavy atom. The number of benzene rings is 1. The molecule has 1 heterocycles. The van der Waals surface area contributed by atoms with Crippen molar-refractivity contribution < 1.29 is 19.2 Å². The van der Waals surface area contributed by atoms with Crippen LogP contribution in [0.25, 0.3) is 0 Å². The molecule has 1 aromatic rings. The first kappa shape index (κ1) is 16.4. The van der Waals surface area contributed by atoms with E-state index < -0.39 is 24.3 Å². The van der Waals surface area contributed by atoms with Gasteiger partial charge in [0.05, 0.1) is 19.7 Å². The minimum Gasteiger partial charge on any atom is -0.467 e. The first-order valence-electron chi connectivity index (χ1n) is 7.12. The maximum absolute atomic E-state index is 11.8. The van der Waals surface area contributed by atoms with Gasteiger partial charge in [-0.05, 0) is 12.5 Å². The van der Waals surface area contributed by atoms with Gasteiger partial charge in [0.1, 0.15) is 6.17 Å². The van der Waals surface area contributed by atoms with Gasteiger partial charge in [-0.1, -0.05) is 30.3 Å². The third-order valence-corrected chi connectivity index (χ3v) is 3.42. The lowest BCUT2D eigenvalue weighted by Crippen LogP contribution is -2.48.